The molecule has 0 unspecified atom stereocenters. The molecule has 0 aliphatic carbocycles. The summed E-state index contributed by atoms with van der Waals surface area (Å²) >= 11 is 0. The number of alkyl halides is 6. The Morgan fingerprint density at radius 2 is 1.02 bits per heavy atom. The first-order chi connectivity index (χ1) is 25.5. The van der Waals surface area contributed by atoms with Crippen LogP contribution in [0.2, 0.25) is 0 Å². The van der Waals surface area contributed by atoms with E-state index in [4.69, 9.17) is 15.0 Å². The van der Waals surface area contributed by atoms with Gasteiger partial charge in [0.15, 0.2) is 17.5 Å². The highest BCUT2D eigenvalue weighted by Crippen LogP contribution is 2.41. The average molecular weight is 712 g/mol. The maximum Gasteiger partial charge on any atom is 0.416 e. The smallest absolute Gasteiger partial charge is 0.309 e. The molecule has 0 aliphatic rings. The minimum atomic E-state index is -4.98. The fourth-order valence-electron chi connectivity index (χ4n) is 6.44. The summed E-state index contributed by atoms with van der Waals surface area (Å²) in [5.74, 6) is 1.09. The molecule has 8 rings (SSSR count). The number of fused-ring (bicyclic) bond motifs is 3. The van der Waals surface area contributed by atoms with E-state index in [1.54, 1.807) is 36.4 Å². The standard InChI is InChI=1S/C42H23F6N5/c43-41(44,45)30-19-29(20-31(22-30)42(46,47)48)27-16-18-37-35(21-27)33-13-7-8-14-36(33)53(37)32-17-15-28(24-49)34(23-32)40-51-38(25-9-3-1-4-10-25)50-39(52-40)26-11-5-2-6-12-26/h1-23H. The third kappa shape index (κ3) is 6.25. The molecule has 53 heavy (non-hydrogen) atoms. The van der Waals surface area contributed by atoms with Crippen molar-refractivity contribution in [2.45, 2.75) is 12.4 Å². The highest BCUT2D eigenvalue weighted by molar-refractivity contribution is 6.10. The van der Waals surface area contributed by atoms with Gasteiger partial charge in [-0.05, 0) is 65.7 Å². The first-order valence-corrected chi connectivity index (χ1v) is 16.2. The quantitative estimate of drug-likeness (QED) is 0.167. The number of para-hydroxylation sites is 1. The van der Waals surface area contributed by atoms with Gasteiger partial charge in [0.25, 0.3) is 0 Å². The third-order valence-corrected chi connectivity index (χ3v) is 8.92. The Kier molecular flexibility index (Phi) is 8.03. The number of hydrogen-bond donors (Lipinski definition) is 0. The van der Waals surface area contributed by atoms with E-state index < -0.39 is 23.5 Å². The van der Waals surface area contributed by atoms with Crippen LogP contribution in [0, 0.1) is 11.3 Å². The largest absolute Gasteiger partial charge is 0.416 e. The minimum Gasteiger partial charge on any atom is -0.309 e. The van der Waals surface area contributed by atoms with Crippen molar-refractivity contribution >= 4 is 21.8 Å². The number of nitriles is 1. The van der Waals surface area contributed by atoms with Gasteiger partial charge in [0.2, 0.25) is 0 Å². The van der Waals surface area contributed by atoms with Crippen molar-refractivity contribution < 1.29 is 26.3 Å². The van der Waals surface area contributed by atoms with Crippen molar-refractivity contribution in [3.63, 3.8) is 0 Å². The number of hydrogen-bond acceptors (Lipinski definition) is 4. The van der Waals surface area contributed by atoms with Crippen molar-refractivity contribution in [2.75, 3.05) is 0 Å². The lowest BCUT2D eigenvalue weighted by Crippen LogP contribution is -2.11. The zero-order valence-corrected chi connectivity index (χ0v) is 27.3. The Labute approximate surface area is 298 Å². The summed E-state index contributed by atoms with van der Waals surface area (Å²) in [6.45, 7) is 0. The molecule has 0 aliphatic heterocycles. The molecule has 11 heteroatoms. The molecule has 258 valence electrons. The van der Waals surface area contributed by atoms with E-state index in [0.717, 1.165) is 34.2 Å². The maximum absolute atomic E-state index is 13.7. The highest BCUT2D eigenvalue weighted by atomic mass is 19.4. The van der Waals surface area contributed by atoms with Crippen LogP contribution in [0.25, 0.3) is 72.8 Å². The lowest BCUT2D eigenvalue weighted by Gasteiger charge is -2.15. The number of aromatic nitrogens is 4. The SMILES string of the molecule is N#Cc1ccc(-n2c3ccccc3c3cc(-c4cc(C(F)(F)F)cc(C(F)(F)F)c4)ccc32)cc1-c1nc(-c2ccccc2)nc(-c2ccccc2)n1. The molecule has 8 aromatic rings. The van der Waals surface area contributed by atoms with Crippen LogP contribution in [-0.2, 0) is 12.4 Å². The summed E-state index contributed by atoms with van der Waals surface area (Å²) in [4.78, 5) is 14.4. The third-order valence-electron chi connectivity index (χ3n) is 8.92. The molecule has 0 bridgehead atoms. The van der Waals surface area contributed by atoms with Gasteiger partial charge in [0.05, 0.1) is 33.8 Å². The molecule has 0 N–H and O–H groups in total. The van der Waals surface area contributed by atoms with Crippen LogP contribution in [0.15, 0.2) is 140 Å². The Balaban J connectivity index is 1.32. The van der Waals surface area contributed by atoms with Crippen molar-refractivity contribution in [1.29, 1.82) is 5.26 Å². The van der Waals surface area contributed by atoms with Gasteiger partial charge in [-0.15, -0.1) is 0 Å². The molecular formula is C42H23F6N5. The van der Waals surface area contributed by atoms with Crippen LogP contribution >= 0.6 is 0 Å². The summed E-state index contributed by atoms with van der Waals surface area (Å²) in [6.07, 6.45) is -9.96. The minimum absolute atomic E-state index is 0.120. The van der Waals surface area contributed by atoms with Gasteiger partial charge in [-0.3, -0.25) is 0 Å². The molecule has 0 atom stereocenters. The Bertz CT molecular complexity index is 2620. The Morgan fingerprint density at radius 3 is 1.60 bits per heavy atom. The zero-order valence-electron chi connectivity index (χ0n) is 27.3. The van der Waals surface area contributed by atoms with Gasteiger partial charge in [-0.1, -0.05) is 84.9 Å². The molecule has 2 aromatic heterocycles. The van der Waals surface area contributed by atoms with E-state index in [2.05, 4.69) is 6.07 Å². The second-order valence-corrected chi connectivity index (χ2v) is 12.3. The molecule has 0 radical (unpaired) electrons. The lowest BCUT2D eigenvalue weighted by atomic mass is 9.97. The molecule has 0 spiro atoms. The van der Waals surface area contributed by atoms with E-state index in [1.807, 2.05) is 83.4 Å². The number of benzene rings is 6. The van der Waals surface area contributed by atoms with Gasteiger partial charge in [0.1, 0.15) is 0 Å². The number of rotatable bonds is 5. The molecule has 2 heterocycles. The molecule has 0 amide bonds. The average Bonchev–Trinajstić information content (AvgIpc) is 3.51. The fraction of sp³-hybridized carbons (Fsp3) is 0.0476. The zero-order chi connectivity index (χ0) is 36.9. The van der Waals surface area contributed by atoms with Crippen molar-refractivity contribution in [1.82, 2.24) is 19.5 Å². The molecule has 0 saturated heterocycles. The number of nitrogens with zero attached hydrogens (tertiary/aromatic N) is 5. The van der Waals surface area contributed by atoms with Gasteiger partial charge in [0, 0.05) is 33.2 Å². The van der Waals surface area contributed by atoms with Crippen LogP contribution in [0.5, 0.6) is 0 Å². The lowest BCUT2D eigenvalue weighted by molar-refractivity contribution is -0.143. The Morgan fingerprint density at radius 1 is 0.472 bits per heavy atom. The van der Waals surface area contributed by atoms with Crippen molar-refractivity contribution in [3.05, 3.63) is 156 Å². The molecule has 6 aromatic carbocycles. The predicted octanol–water partition coefficient (Wildman–Crippen LogP) is 11.5. The first kappa shape index (κ1) is 33.3. The first-order valence-electron chi connectivity index (χ1n) is 16.2. The van der Waals surface area contributed by atoms with Crippen LogP contribution in [0.3, 0.4) is 0 Å². The van der Waals surface area contributed by atoms with Crippen LogP contribution in [0.1, 0.15) is 16.7 Å². The van der Waals surface area contributed by atoms with Crippen LogP contribution in [0.4, 0.5) is 26.3 Å². The second kappa shape index (κ2) is 12.8. The van der Waals surface area contributed by atoms with E-state index in [1.165, 1.54) is 6.07 Å². The van der Waals surface area contributed by atoms with Crippen LogP contribution < -0.4 is 0 Å². The topological polar surface area (TPSA) is 67.4 Å². The van der Waals surface area contributed by atoms with E-state index in [0.29, 0.717) is 39.4 Å². The van der Waals surface area contributed by atoms with Gasteiger partial charge in [-0.25, -0.2) is 15.0 Å². The van der Waals surface area contributed by atoms with Gasteiger partial charge < -0.3 is 4.57 Å². The summed E-state index contributed by atoms with van der Waals surface area (Å²) in [6, 6.07) is 39.9. The Hall–Kier alpha value is -6.80. The molecule has 0 fully saturated rings. The van der Waals surface area contributed by atoms with E-state index >= 15 is 0 Å². The monoisotopic (exact) mass is 711 g/mol. The normalized spacial score (nSPS) is 11.9. The van der Waals surface area contributed by atoms with Crippen molar-refractivity contribution in [3.8, 4) is 57.0 Å². The van der Waals surface area contributed by atoms with Gasteiger partial charge >= 0.3 is 12.4 Å². The summed E-state index contributed by atoms with van der Waals surface area (Å²) in [5.41, 5.74) is 1.43. The predicted molar refractivity (Wildman–Crippen MR) is 191 cm³/mol. The molecule has 0 saturated carbocycles. The second-order valence-electron chi connectivity index (χ2n) is 12.3. The molecule has 5 nitrogen and oxygen atoms in total. The van der Waals surface area contributed by atoms with Crippen molar-refractivity contribution in [2.24, 2.45) is 0 Å². The van der Waals surface area contributed by atoms with Gasteiger partial charge in [-0.2, -0.15) is 31.6 Å². The van der Waals surface area contributed by atoms with Crippen LogP contribution in [-0.4, -0.2) is 19.5 Å². The summed E-state index contributed by atoms with van der Waals surface area (Å²) in [5, 5.41) is 11.6. The number of halogens is 6. The maximum atomic E-state index is 13.7. The van der Waals surface area contributed by atoms with E-state index in [-0.39, 0.29) is 23.0 Å². The highest BCUT2D eigenvalue weighted by Gasteiger charge is 2.37. The fourth-order valence-corrected chi connectivity index (χ4v) is 6.44. The van der Waals surface area contributed by atoms with E-state index in [9.17, 15) is 31.6 Å². The summed E-state index contributed by atoms with van der Waals surface area (Å²) < 4.78 is 84.3. The molecular weight excluding hydrogens is 688 g/mol. The summed E-state index contributed by atoms with van der Waals surface area (Å²) in [7, 11) is 0.